The van der Waals surface area contributed by atoms with Crippen molar-refractivity contribution in [3.05, 3.63) is 28.3 Å². The second-order valence-electron chi connectivity index (χ2n) is 5.51. The van der Waals surface area contributed by atoms with Gasteiger partial charge in [0.1, 0.15) is 5.75 Å². The highest BCUT2D eigenvalue weighted by Crippen LogP contribution is 2.50. The summed E-state index contributed by atoms with van der Waals surface area (Å²) in [5.74, 6) is 0.932. The molecular weight excluding hydrogens is 212 g/mol. The van der Waals surface area contributed by atoms with Crippen LogP contribution in [0.5, 0.6) is 5.75 Å². The van der Waals surface area contributed by atoms with Gasteiger partial charge in [-0.3, -0.25) is 4.79 Å². The zero-order valence-corrected chi connectivity index (χ0v) is 10.4. The van der Waals surface area contributed by atoms with Crippen LogP contribution in [0.25, 0.3) is 0 Å². The van der Waals surface area contributed by atoms with Crippen molar-refractivity contribution in [3.63, 3.8) is 0 Å². The third-order valence-corrected chi connectivity index (χ3v) is 4.46. The molecule has 2 nitrogen and oxygen atoms in total. The van der Waals surface area contributed by atoms with E-state index in [2.05, 4.69) is 6.92 Å². The van der Waals surface area contributed by atoms with Crippen molar-refractivity contribution in [3.8, 4) is 5.75 Å². The first kappa shape index (κ1) is 10.8. The number of Topliss-reactive ketones (excluding diaryl/α,β-unsaturated/α-hetero) is 1. The van der Waals surface area contributed by atoms with E-state index in [1.807, 2.05) is 13.0 Å². The maximum Gasteiger partial charge on any atom is 0.170 e. The number of carbonyl (C=O) groups excluding carboxylic acids is 1. The lowest BCUT2D eigenvalue weighted by molar-refractivity contribution is 0.0896. The number of ketones is 1. The Morgan fingerprint density at radius 2 is 1.76 bits per heavy atom. The smallest absolute Gasteiger partial charge is 0.170 e. The third kappa shape index (κ3) is 1.36. The second-order valence-corrected chi connectivity index (χ2v) is 5.51. The molecule has 0 aromatic heterocycles. The average Bonchev–Trinajstić information content (AvgIpc) is 2.61. The Morgan fingerprint density at radius 3 is 2.47 bits per heavy atom. The highest BCUT2D eigenvalue weighted by molar-refractivity contribution is 6.06. The standard InChI is InChI=1S/C15H18O2/c1-8-7-9(2)14(16)13-12(8)10-5-3-4-6-11(10)15(13)17/h7,10-11,16H,3-6H2,1-2H3. The first-order chi connectivity index (χ1) is 8.11. The second kappa shape index (κ2) is 3.59. The lowest BCUT2D eigenvalue weighted by atomic mass is 9.78. The predicted octanol–water partition coefficient (Wildman–Crippen LogP) is 3.48. The highest BCUT2D eigenvalue weighted by Gasteiger charge is 2.43. The Labute approximate surface area is 102 Å². The van der Waals surface area contributed by atoms with E-state index in [0.717, 1.165) is 30.4 Å². The summed E-state index contributed by atoms with van der Waals surface area (Å²) in [6.07, 6.45) is 4.46. The van der Waals surface area contributed by atoms with Crippen LogP contribution in [0.15, 0.2) is 6.07 Å². The molecule has 0 radical (unpaired) electrons. The number of hydrogen-bond donors (Lipinski definition) is 1. The van der Waals surface area contributed by atoms with Gasteiger partial charge in [0.25, 0.3) is 0 Å². The van der Waals surface area contributed by atoms with Crippen LogP contribution in [0.3, 0.4) is 0 Å². The number of rotatable bonds is 0. The highest BCUT2D eigenvalue weighted by atomic mass is 16.3. The first-order valence-corrected chi connectivity index (χ1v) is 6.48. The van der Waals surface area contributed by atoms with Crippen LogP contribution in [0.4, 0.5) is 0 Å². The number of phenolic OH excluding ortho intramolecular Hbond substituents is 1. The van der Waals surface area contributed by atoms with Gasteiger partial charge in [0.15, 0.2) is 5.78 Å². The van der Waals surface area contributed by atoms with E-state index in [-0.39, 0.29) is 17.5 Å². The van der Waals surface area contributed by atoms with Crippen LogP contribution in [-0.2, 0) is 0 Å². The van der Waals surface area contributed by atoms with Crippen LogP contribution < -0.4 is 0 Å². The van der Waals surface area contributed by atoms with Gasteiger partial charge >= 0.3 is 0 Å². The summed E-state index contributed by atoms with van der Waals surface area (Å²) in [4.78, 5) is 12.4. The molecule has 2 aliphatic carbocycles. The van der Waals surface area contributed by atoms with Crippen LogP contribution in [0.2, 0.25) is 0 Å². The first-order valence-electron chi connectivity index (χ1n) is 6.48. The largest absolute Gasteiger partial charge is 0.507 e. The van der Waals surface area contributed by atoms with E-state index in [0.29, 0.717) is 11.5 Å². The fourth-order valence-corrected chi connectivity index (χ4v) is 3.70. The number of aryl methyl sites for hydroxylation is 2. The van der Waals surface area contributed by atoms with Gasteiger partial charge in [-0.1, -0.05) is 18.9 Å². The fourth-order valence-electron chi connectivity index (χ4n) is 3.70. The topological polar surface area (TPSA) is 37.3 Å². The molecule has 17 heavy (non-hydrogen) atoms. The molecule has 90 valence electrons. The fraction of sp³-hybridized carbons (Fsp3) is 0.533. The molecule has 0 aliphatic heterocycles. The van der Waals surface area contributed by atoms with Gasteiger partial charge in [-0.05, 0) is 49.3 Å². The minimum Gasteiger partial charge on any atom is -0.507 e. The Balaban J connectivity index is 2.24. The van der Waals surface area contributed by atoms with E-state index in [4.69, 9.17) is 0 Å². The van der Waals surface area contributed by atoms with Crippen molar-refractivity contribution >= 4 is 5.78 Å². The summed E-state index contributed by atoms with van der Waals surface area (Å²) in [6, 6.07) is 2.01. The molecule has 1 N–H and O–H groups in total. The zero-order valence-electron chi connectivity index (χ0n) is 10.4. The number of carbonyl (C=O) groups is 1. The van der Waals surface area contributed by atoms with Crippen molar-refractivity contribution < 1.29 is 9.90 Å². The number of hydrogen-bond acceptors (Lipinski definition) is 2. The van der Waals surface area contributed by atoms with Gasteiger partial charge < -0.3 is 5.11 Å². The molecule has 1 saturated carbocycles. The van der Waals surface area contributed by atoms with Gasteiger partial charge in [-0.2, -0.15) is 0 Å². The molecule has 2 unspecified atom stereocenters. The van der Waals surface area contributed by atoms with Crippen molar-refractivity contribution in [2.24, 2.45) is 5.92 Å². The van der Waals surface area contributed by atoms with Gasteiger partial charge in [-0.25, -0.2) is 0 Å². The SMILES string of the molecule is Cc1cc(C)c2c(c1O)C(=O)C1CCCCC21. The summed E-state index contributed by atoms with van der Waals surface area (Å²) < 4.78 is 0. The minimum atomic E-state index is 0.144. The number of aromatic hydroxyl groups is 1. The Morgan fingerprint density at radius 1 is 1.12 bits per heavy atom. The third-order valence-electron chi connectivity index (χ3n) is 4.46. The van der Waals surface area contributed by atoms with E-state index >= 15 is 0 Å². The van der Waals surface area contributed by atoms with E-state index in [1.165, 1.54) is 12.0 Å². The molecule has 0 heterocycles. The summed E-state index contributed by atoms with van der Waals surface area (Å²) in [5.41, 5.74) is 3.79. The van der Waals surface area contributed by atoms with Crippen molar-refractivity contribution in [1.29, 1.82) is 0 Å². The summed E-state index contributed by atoms with van der Waals surface area (Å²) in [6.45, 7) is 3.94. The predicted molar refractivity (Wildman–Crippen MR) is 66.6 cm³/mol. The van der Waals surface area contributed by atoms with E-state index < -0.39 is 0 Å². The molecule has 0 amide bonds. The maximum absolute atomic E-state index is 12.4. The Bertz CT molecular complexity index is 502. The lowest BCUT2D eigenvalue weighted by Gasteiger charge is -2.25. The van der Waals surface area contributed by atoms with Crippen molar-refractivity contribution in [1.82, 2.24) is 0 Å². The Hall–Kier alpha value is -1.31. The molecule has 1 aromatic carbocycles. The zero-order chi connectivity index (χ0) is 12.2. The summed E-state index contributed by atoms with van der Waals surface area (Å²) >= 11 is 0. The van der Waals surface area contributed by atoms with Gasteiger partial charge in [0.05, 0.1) is 5.56 Å². The summed E-state index contributed by atoms with van der Waals surface area (Å²) in [7, 11) is 0. The maximum atomic E-state index is 12.4. The molecule has 2 atom stereocenters. The molecule has 0 saturated heterocycles. The lowest BCUT2D eigenvalue weighted by Crippen LogP contribution is -2.17. The minimum absolute atomic E-state index is 0.144. The summed E-state index contributed by atoms with van der Waals surface area (Å²) in [5, 5.41) is 10.1. The molecule has 0 spiro atoms. The van der Waals surface area contributed by atoms with Gasteiger partial charge in [-0.15, -0.1) is 0 Å². The quantitative estimate of drug-likeness (QED) is 0.741. The van der Waals surface area contributed by atoms with Crippen LogP contribution >= 0.6 is 0 Å². The molecule has 0 bridgehead atoms. The number of phenols is 1. The average molecular weight is 230 g/mol. The van der Waals surface area contributed by atoms with Crippen LogP contribution in [0.1, 0.15) is 58.6 Å². The monoisotopic (exact) mass is 230 g/mol. The van der Waals surface area contributed by atoms with Crippen LogP contribution in [0, 0.1) is 19.8 Å². The molecular formula is C15H18O2. The van der Waals surface area contributed by atoms with Crippen molar-refractivity contribution in [2.45, 2.75) is 45.4 Å². The molecule has 1 fully saturated rings. The van der Waals surface area contributed by atoms with Crippen LogP contribution in [-0.4, -0.2) is 10.9 Å². The number of fused-ring (bicyclic) bond motifs is 3. The Kier molecular flexibility index (Phi) is 2.29. The number of benzene rings is 1. The molecule has 3 rings (SSSR count). The molecule has 1 aromatic rings. The normalized spacial score (nSPS) is 26.8. The van der Waals surface area contributed by atoms with Crippen molar-refractivity contribution in [2.75, 3.05) is 0 Å². The van der Waals surface area contributed by atoms with E-state index in [1.54, 1.807) is 0 Å². The molecule has 2 heteroatoms. The van der Waals surface area contributed by atoms with Gasteiger partial charge in [0, 0.05) is 5.92 Å². The van der Waals surface area contributed by atoms with E-state index in [9.17, 15) is 9.90 Å². The molecule has 2 aliphatic rings. The van der Waals surface area contributed by atoms with Gasteiger partial charge in [0.2, 0.25) is 0 Å².